The number of furan rings is 2. The summed E-state index contributed by atoms with van der Waals surface area (Å²) in [6.45, 7) is 26.3. The van der Waals surface area contributed by atoms with Gasteiger partial charge in [0, 0.05) is 71.2 Å². The average Bonchev–Trinajstić information content (AvgIpc) is 1.58. The molecule has 0 saturated carbocycles. The lowest BCUT2D eigenvalue weighted by Gasteiger charge is -2.34. The standard InChI is InChI=1S/C118H121NO2/c1-12-16-20-24-34-64-117(65-35-25-21-17-13-2)96-41-31-28-38-85(96)88-59-52-81(70-103(88)117)80-51-58-87-86-57-50-79(68-98(86)115(8,9)99(87)69-80)77-46-48-78(49-47-77)93-73-105-109(112-92-40-30-33-43-107(92)121-113(93)112)90-61-56-84(72-104(90)118(105,66-36-26-22-18-14-3)67-37-27-23-19-15-4)119(82-53-44-76(5)45-54-82)83-55-60-89-94-74-102-95(75-101(94)116(10,11)100(89)71-83)110-97(114(102,6)7)62-63-108-111(110)91-39-29-32-42-106(91)120-108/h28-33,38-63,68-75H,12-27,34-37,64-67H2,1-11H3. The van der Waals surface area contributed by atoms with E-state index < -0.39 is 0 Å². The second-order valence-electron chi connectivity index (χ2n) is 38.8. The molecule has 0 atom stereocenters. The predicted octanol–water partition coefficient (Wildman–Crippen LogP) is 35.2. The molecule has 5 aliphatic rings. The quantitative estimate of drug-likeness (QED) is 0.0420. The van der Waals surface area contributed by atoms with E-state index in [1.165, 1.54) is 300 Å². The number of hydrogen-bond acceptors (Lipinski definition) is 3. The van der Waals surface area contributed by atoms with Gasteiger partial charge in [0.05, 0.1) is 0 Å². The Morgan fingerprint density at radius 1 is 0.248 bits per heavy atom. The van der Waals surface area contributed by atoms with E-state index in [1.807, 2.05) is 0 Å². The molecule has 3 heteroatoms. The van der Waals surface area contributed by atoms with E-state index in [0.717, 1.165) is 53.7 Å². The molecule has 2 aromatic heterocycles. The molecule has 5 aliphatic carbocycles. The van der Waals surface area contributed by atoms with Crippen LogP contribution in [0.2, 0.25) is 0 Å². The highest BCUT2D eigenvalue weighted by atomic mass is 16.3. The number of para-hydroxylation sites is 2. The van der Waals surface area contributed by atoms with Crippen LogP contribution in [0.1, 0.15) is 285 Å². The van der Waals surface area contributed by atoms with E-state index in [2.05, 4.69) is 324 Å². The molecule has 121 heavy (non-hydrogen) atoms. The summed E-state index contributed by atoms with van der Waals surface area (Å²) in [5.74, 6) is 0. The summed E-state index contributed by atoms with van der Waals surface area (Å²) in [4.78, 5) is 2.59. The normalized spacial score (nSPS) is 15.2. The zero-order valence-electron chi connectivity index (χ0n) is 73.8. The SMILES string of the molecule is CCCCCCCC1(CCCCCCC)c2ccccc2-c2ccc(-c3ccc4c(c3)C(C)(C)c3cc(-c5ccc(-c6cc7c(c8c6oc6ccccc68)-c6ccc(N(c8ccc(C)cc8)c8ccc9c(c8)C(C)(C)c8cc%10c(cc8-9)C(C)(C)c8ccc9oc%11ccccc%11c9c8-%10)cc6C7(CCCCCCC)CCCCCCC)cc5)ccc3-4)cc21. The van der Waals surface area contributed by atoms with Gasteiger partial charge in [0.1, 0.15) is 22.3 Å². The maximum Gasteiger partial charge on any atom is 0.143 e. The third kappa shape index (κ3) is 12.9. The van der Waals surface area contributed by atoms with Crippen molar-refractivity contribution in [3.63, 3.8) is 0 Å². The minimum Gasteiger partial charge on any atom is -0.456 e. The van der Waals surface area contributed by atoms with Gasteiger partial charge in [-0.2, -0.15) is 0 Å². The van der Waals surface area contributed by atoms with E-state index in [1.54, 1.807) is 11.1 Å². The van der Waals surface area contributed by atoms with Gasteiger partial charge in [-0.15, -0.1) is 0 Å². The Labute approximate surface area is 720 Å². The zero-order valence-corrected chi connectivity index (χ0v) is 73.8. The minimum absolute atomic E-state index is 0.0421. The van der Waals surface area contributed by atoms with Gasteiger partial charge < -0.3 is 13.7 Å². The molecule has 0 saturated heterocycles. The van der Waals surface area contributed by atoms with E-state index in [-0.39, 0.29) is 27.1 Å². The number of aryl methyl sites for hydroxylation is 1. The molecule has 610 valence electrons. The second kappa shape index (κ2) is 31.3. The number of hydrogen-bond donors (Lipinski definition) is 0. The second-order valence-corrected chi connectivity index (χ2v) is 38.8. The van der Waals surface area contributed by atoms with Crippen LogP contribution in [0.4, 0.5) is 17.1 Å². The van der Waals surface area contributed by atoms with Crippen molar-refractivity contribution in [1.82, 2.24) is 0 Å². The number of anilines is 3. The molecular weight excluding hydrogens is 1460 g/mol. The molecule has 0 spiro atoms. The Hall–Kier alpha value is -10.7. The topological polar surface area (TPSA) is 29.5 Å². The third-order valence-corrected chi connectivity index (χ3v) is 30.4. The number of unbranched alkanes of at least 4 members (excludes halogenated alkanes) is 16. The maximum absolute atomic E-state index is 7.37. The monoisotopic (exact) mass is 1580 g/mol. The molecule has 20 rings (SSSR count). The van der Waals surface area contributed by atoms with Crippen LogP contribution in [0.15, 0.2) is 251 Å². The van der Waals surface area contributed by atoms with Crippen molar-refractivity contribution in [2.24, 2.45) is 0 Å². The van der Waals surface area contributed by atoms with Gasteiger partial charge in [-0.1, -0.05) is 355 Å². The van der Waals surface area contributed by atoms with Crippen molar-refractivity contribution in [1.29, 1.82) is 0 Å². The van der Waals surface area contributed by atoms with E-state index in [4.69, 9.17) is 8.83 Å². The molecule has 3 nitrogen and oxygen atoms in total. The molecule has 0 unspecified atom stereocenters. The van der Waals surface area contributed by atoms with Crippen LogP contribution in [0, 0.1) is 6.92 Å². The van der Waals surface area contributed by atoms with Crippen molar-refractivity contribution >= 4 is 60.9 Å². The largest absolute Gasteiger partial charge is 0.456 e. The highest BCUT2D eigenvalue weighted by molar-refractivity contribution is 6.19. The highest BCUT2D eigenvalue weighted by Crippen LogP contribution is 2.64. The summed E-state index contributed by atoms with van der Waals surface area (Å²) < 4.78 is 14.0. The average molecular weight is 1590 g/mol. The fourth-order valence-corrected chi connectivity index (χ4v) is 23.8. The van der Waals surface area contributed by atoms with Crippen molar-refractivity contribution in [2.45, 2.75) is 257 Å². The summed E-state index contributed by atoms with van der Waals surface area (Å²) in [6.07, 6.45) is 29.9. The molecule has 0 aliphatic heterocycles. The number of nitrogens with zero attached hydrogens (tertiary/aromatic N) is 1. The first-order valence-corrected chi connectivity index (χ1v) is 46.9. The van der Waals surface area contributed by atoms with Crippen LogP contribution in [0.5, 0.6) is 0 Å². The van der Waals surface area contributed by atoms with Gasteiger partial charge >= 0.3 is 0 Å². The van der Waals surface area contributed by atoms with E-state index in [0.29, 0.717) is 0 Å². The Balaban J connectivity index is 0.665. The van der Waals surface area contributed by atoms with E-state index in [9.17, 15) is 0 Å². The fraction of sp³-hybridized carbons (Fsp3) is 0.339. The lowest BCUT2D eigenvalue weighted by Crippen LogP contribution is -2.26. The van der Waals surface area contributed by atoms with Crippen LogP contribution >= 0.6 is 0 Å². The Morgan fingerprint density at radius 2 is 0.636 bits per heavy atom. The van der Waals surface area contributed by atoms with Crippen LogP contribution in [0.25, 0.3) is 133 Å². The predicted molar refractivity (Wildman–Crippen MR) is 515 cm³/mol. The molecular formula is C118H121NO2. The lowest BCUT2D eigenvalue weighted by molar-refractivity contribution is 0.399. The molecule has 0 bridgehead atoms. The van der Waals surface area contributed by atoms with Gasteiger partial charge in [-0.3, -0.25) is 0 Å². The molecule has 2 heterocycles. The van der Waals surface area contributed by atoms with Crippen molar-refractivity contribution in [2.75, 3.05) is 4.90 Å². The smallest absolute Gasteiger partial charge is 0.143 e. The lowest BCUT2D eigenvalue weighted by atomic mass is 9.70. The van der Waals surface area contributed by atoms with Gasteiger partial charge in [-0.25, -0.2) is 0 Å². The number of rotatable bonds is 30. The Bertz CT molecular complexity index is 6490. The molecule has 0 fully saturated rings. The molecule has 0 amide bonds. The van der Waals surface area contributed by atoms with Gasteiger partial charge in [0.15, 0.2) is 0 Å². The van der Waals surface area contributed by atoms with Gasteiger partial charge in [0.2, 0.25) is 0 Å². The van der Waals surface area contributed by atoms with Crippen LogP contribution in [0.3, 0.4) is 0 Å². The molecule has 0 N–H and O–H groups in total. The molecule has 15 aromatic rings. The van der Waals surface area contributed by atoms with E-state index >= 15 is 0 Å². The minimum atomic E-state index is -0.291. The first-order valence-electron chi connectivity index (χ1n) is 46.9. The third-order valence-electron chi connectivity index (χ3n) is 30.4. The van der Waals surface area contributed by atoms with Crippen LogP contribution in [-0.2, 0) is 27.1 Å². The summed E-state index contributed by atoms with van der Waals surface area (Å²) in [7, 11) is 0. The first kappa shape index (κ1) is 78.8. The summed E-state index contributed by atoms with van der Waals surface area (Å²) >= 11 is 0. The van der Waals surface area contributed by atoms with Crippen molar-refractivity contribution < 1.29 is 8.83 Å². The molecule has 13 aromatic carbocycles. The number of fused-ring (bicyclic) bond motifs is 23. The van der Waals surface area contributed by atoms with Gasteiger partial charge in [-0.05, 0) is 263 Å². The zero-order chi connectivity index (χ0) is 82.7. The van der Waals surface area contributed by atoms with Crippen molar-refractivity contribution in [3.8, 4) is 89.0 Å². The van der Waals surface area contributed by atoms with Crippen LogP contribution < -0.4 is 4.90 Å². The number of benzene rings is 13. The Kier molecular flexibility index (Phi) is 20.4. The first-order chi connectivity index (χ1) is 59.0. The summed E-state index contributed by atoms with van der Waals surface area (Å²) in [5.41, 5.74) is 43.3. The molecule has 0 radical (unpaired) electrons. The fourth-order valence-electron chi connectivity index (χ4n) is 23.8. The summed E-state index contributed by atoms with van der Waals surface area (Å²) in [5, 5.41) is 4.85. The van der Waals surface area contributed by atoms with Crippen LogP contribution in [-0.4, -0.2) is 0 Å². The summed E-state index contributed by atoms with van der Waals surface area (Å²) in [6, 6.07) is 95.7. The highest BCUT2D eigenvalue weighted by Gasteiger charge is 2.48. The van der Waals surface area contributed by atoms with Crippen molar-refractivity contribution in [3.05, 3.63) is 304 Å². The Morgan fingerprint density at radius 3 is 1.23 bits per heavy atom. The maximum atomic E-state index is 7.37. The van der Waals surface area contributed by atoms with Gasteiger partial charge in [0.25, 0.3) is 0 Å².